The van der Waals surface area contributed by atoms with Crippen molar-refractivity contribution in [3.63, 3.8) is 0 Å². The first-order valence-electron chi connectivity index (χ1n) is 4.99. The molecule has 0 amide bonds. The Morgan fingerprint density at radius 2 is 1.69 bits per heavy atom. The van der Waals surface area contributed by atoms with Gasteiger partial charge in [0, 0.05) is 0 Å². The molecule has 0 atom stereocenters. The van der Waals surface area contributed by atoms with Crippen LogP contribution >= 0.6 is 12.6 Å². The summed E-state index contributed by atoms with van der Waals surface area (Å²) in [4.78, 5) is 0. The lowest BCUT2D eigenvalue weighted by Gasteiger charge is -2.01. The molecule has 72 valence electrons. The van der Waals surface area contributed by atoms with Gasteiger partial charge in [-0.15, -0.1) is 0 Å². The molecule has 0 aliphatic carbocycles. The molecule has 0 nitrogen and oxygen atoms in total. The van der Waals surface area contributed by atoms with Crippen molar-refractivity contribution in [3.05, 3.63) is 35.4 Å². The molecule has 0 aliphatic rings. The van der Waals surface area contributed by atoms with Crippen LogP contribution in [0, 0.1) is 6.92 Å². The maximum absolute atomic E-state index is 4.19. The highest BCUT2D eigenvalue weighted by Crippen LogP contribution is 2.08. The third-order valence-electron chi connectivity index (χ3n) is 2.24. The van der Waals surface area contributed by atoms with Gasteiger partial charge in [0.15, 0.2) is 0 Å². The van der Waals surface area contributed by atoms with Crippen LogP contribution in [0.15, 0.2) is 24.3 Å². The number of aryl methyl sites for hydroxylation is 2. The van der Waals surface area contributed by atoms with E-state index in [2.05, 4.69) is 43.8 Å². The molecule has 0 fully saturated rings. The van der Waals surface area contributed by atoms with Gasteiger partial charge in [-0.25, -0.2) is 0 Å². The van der Waals surface area contributed by atoms with Crippen molar-refractivity contribution in [3.8, 4) is 0 Å². The topological polar surface area (TPSA) is 0 Å². The Bertz CT molecular complexity index is 225. The van der Waals surface area contributed by atoms with E-state index in [9.17, 15) is 0 Å². The number of rotatable bonds is 5. The lowest BCUT2D eigenvalue weighted by Crippen LogP contribution is -1.86. The lowest BCUT2D eigenvalue weighted by molar-refractivity contribution is 0.723. The van der Waals surface area contributed by atoms with Crippen LogP contribution in [0.1, 0.15) is 30.4 Å². The zero-order chi connectivity index (χ0) is 9.52. The zero-order valence-electron chi connectivity index (χ0n) is 8.29. The summed E-state index contributed by atoms with van der Waals surface area (Å²) < 4.78 is 0. The Balaban J connectivity index is 2.25. The molecule has 0 N–H and O–H groups in total. The Labute approximate surface area is 86.8 Å². The third kappa shape index (κ3) is 4.37. The van der Waals surface area contributed by atoms with E-state index >= 15 is 0 Å². The summed E-state index contributed by atoms with van der Waals surface area (Å²) in [6.45, 7) is 2.13. The molecule has 0 bridgehead atoms. The monoisotopic (exact) mass is 194 g/mol. The van der Waals surface area contributed by atoms with Crippen LogP contribution in [-0.2, 0) is 6.42 Å². The number of benzene rings is 1. The minimum atomic E-state index is 1.02. The molecular weight excluding hydrogens is 176 g/mol. The average molecular weight is 194 g/mol. The maximum Gasteiger partial charge on any atom is -0.00979 e. The molecule has 0 aliphatic heterocycles. The van der Waals surface area contributed by atoms with E-state index in [1.54, 1.807) is 0 Å². The van der Waals surface area contributed by atoms with E-state index in [4.69, 9.17) is 0 Å². The standard InChI is InChI=1S/C12H18S/c1-11-6-8-12(9-7-11)5-3-2-4-10-13/h6-9,13H,2-5,10H2,1H3. The molecular formula is C12H18S. The molecule has 1 rings (SSSR count). The van der Waals surface area contributed by atoms with Crippen molar-refractivity contribution in [2.24, 2.45) is 0 Å². The minimum absolute atomic E-state index is 1.02. The molecule has 0 aromatic heterocycles. The highest BCUT2D eigenvalue weighted by molar-refractivity contribution is 7.80. The van der Waals surface area contributed by atoms with Gasteiger partial charge >= 0.3 is 0 Å². The number of unbranched alkanes of at least 4 members (excludes halogenated alkanes) is 2. The zero-order valence-corrected chi connectivity index (χ0v) is 9.19. The molecule has 0 saturated carbocycles. The van der Waals surface area contributed by atoms with Crippen molar-refractivity contribution in [2.45, 2.75) is 32.6 Å². The van der Waals surface area contributed by atoms with E-state index < -0.39 is 0 Å². The van der Waals surface area contributed by atoms with Crippen LogP contribution in [-0.4, -0.2) is 5.75 Å². The van der Waals surface area contributed by atoms with Gasteiger partial charge in [0.05, 0.1) is 0 Å². The largest absolute Gasteiger partial charge is 0.179 e. The van der Waals surface area contributed by atoms with Crippen LogP contribution in [0.2, 0.25) is 0 Å². The van der Waals surface area contributed by atoms with Gasteiger partial charge < -0.3 is 0 Å². The van der Waals surface area contributed by atoms with Crippen LogP contribution in [0.4, 0.5) is 0 Å². The molecule has 0 unspecified atom stereocenters. The number of hydrogen-bond acceptors (Lipinski definition) is 1. The molecule has 1 heteroatoms. The van der Waals surface area contributed by atoms with Gasteiger partial charge in [0.25, 0.3) is 0 Å². The molecule has 0 heterocycles. The second-order valence-electron chi connectivity index (χ2n) is 3.52. The quantitative estimate of drug-likeness (QED) is 0.537. The fourth-order valence-electron chi connectivity index (χ4n) is 1.37. The van der Waals surface area contributed by atoms with E-state index in [0.717, 1.165) is 5.75 Å². The van der Waals surface area contributed by atoms with Gasteiger partial charge in [-0.05, 0) is 37.5 Å². The molecule has 0 spiro atoms. The Hall–Kier alpha value is -0.430. The lowest BCUT2D eigenvalue weighted by atomic mass is 10.1. The van der Waals surface area contributed by atoms with Crippen molar-refractivity contribution in [1.82, 2.24) is 0 Å². The Morgan fingerprint density at radius 3 is 2.31 bits per heavy atom. The van der Waals surface area contributed by atoms with Crippen LogP contribution in [0.25, 0.3) is 0 Å². The van der Waals surface area contributed by atoms with Crippen molar-refractivity contribution < 1.29 is 0 Å². The number of hydrogen-bond donors (Lipinski definition) is 1. The summed E-state index contributed by atoms with van der Waals surface area (Å²) in [5.74, 6) is 1.02. The molecule has 1 aromatic rings. The summed E-state index contributed by atoms with van der Waals surface area (Å²) >= 11 is 4.19. The Kier molecular flexibility index (Phi) is 4.99. The van der Waals surface area contributed by atoms with Gasteiger partial charge in [-0.2, -0.15) is 12.6 Å². The molecule has 0 saturated heterocycles. The van der Waals surface area contributed by atoms with Gasteiger partial charge in [-0.3, -0.25) is 0 Å². The fourth-order valence-corrected chi connectivity index (χ4v) is 1.60. The van der Waals surface area contributed by atoms with Gasteiger partial charge in [-0.1, -0.05) is 36.2 Å². The summed E-state index contributed by atoms with van der Waals surface area (Å²) in [5.41, 5.74) is 2.81. The van der Waals surface area contributed by atoms with E-state index in [-0.39, 0.29) is 0 Å². The first-order chi connectivity index (χ1) is 6.33. The smallest absolute Gasteiger partial charge is 0.00979 e. The summed E-state index contributed by atoms with van der Waals surface area (Å²) in [6.07, 6.45) is 5.06. The first-order valence-corrected chi connectivity index (χ1v) is 5.62. The number of thiol groups is 1. The van der Waals surface area contributed by atoms with Crippen molar-refractivity contribution in [2.75, 3.05) is 5.75 Å². The highest BCUT2D eigenvalue weighted by atomic mass is 32.1. The molecule has 0 radical (unpaired) electrons. The average Bonchev–Trinajstić information content (AvgIpc) is 2.15. The summed E-state index contributed by atoms with van der Waals surface area (Å²) in [5, 5.41) is 0. The third-order valence-corrected chi connectivity index (χ3v) is 2.56. The van der Waals surface area contributed by atoms with E-state index in [1.165, 1.54) is 36.8 Å². The minimum Gasteiger partial charge on any atom is -0.179 e. The fraction of sp³-hybridized carbons (Fsp3) is 0.500. The van der Waals surface area contributed by atoms with E-state index in [1.807, 2.05) is 0 Å². The SMILES string of the molecule is Cc1ccc(CCCCCS)cc1. The van der Waals surface area contributed by atoms with E-state index in [0.29, 0.717) is 0 Å². The van der Waals surface area contributed by atoms with Crippen molar-refractivity contribution >= 4 is 12.6 Å². The highest BCUT2D eigenvalue weighted by Gasteiger charge is 1.92. The normalized spacial score (nSPS) is 10.3. The van der Waals surface area contributed by atoms with Crippen LogP contribution in [0.5, 0.6) is 0 Å². The molecule has 1 aromatic carbocycles. The van der Waals surface area contributed by atoms with Crippen LogP contribution in [0.3, 0.4) is 0 Å². The second-order valence-corrected chi connectivity index (χ2v) is 3.97. The van der Waals surface area contributed by atoms with Gasteiger partial charge in [0.2, 0.25) is 0 Å². The maximum atomic E-state index is 4.19. The molecule has 13 heavy (non-hydrogen) atoms. The van der Waals surface area contributed by atoms with Crippen molar-refractivity contribution in [1.29, 1.82) is 0 Å². The predicted octanol–water partition coefficient (Wildman–Crippen LogP) is 3.64. The van der Waals surface area contributed by atoms with Gasteiger partial charge in [0.1, 0.15) is 0 Å². The first kappa shape index (κ1) is 10.6. The summed E-state index contributed by atoms with van der Waals surface area (Å²) in [7, 11) is 0. The summed E-state index contributed by atoms with van der Waals surface area (Å²) in [6, 6.07) is 8.84. The van der Waals surface area contributed by atoms with Crippen LogP contribution < -0.4 is 0 Å². The second kappa shape index (κ2) is 6.09. The Morgan fingerprint density at radius 1 is 1.00 bits per heavy atom. The predicted molar refractivity (Wildman–Crippen MR) is 62.6 cm³/mol.